The minimum Gasteiger partial charge on any atom is -0.339 e. The molecule has 30 heavy (non-hydrogen) atoms. The number of piperidine rings is 1. The Morgan fingerprint density at radius 2 is 2.00 bits per heavy atom. The van der Waals surface area contributed by atoms with Gasteiger partial charge in [-0.1, -0.05) is 6.92 Å². The molecule has 9 heteroatoms. The van der Waals surface area contributed by atoms with Gasteiger partial charge in [0, 0.05) is 49.5 Å². The number of fused-ring (bicyclic) bond motifs is 1. The number of carbonyl (C=O) groups excluding carboxylic acids is 2. The Balaban J connectivity index is 1.32. The van der Waals surface area contributed by atoms with Crippen LogP contribution < -0.4 is 5.32 Å². The maximum absolute atomic E-state index is 13.9. The van der Waals surface area contributed by atoms with Crippen molar-refractivity contribution in [1.29, 1.82) is 0 Å². The van der Waals surface area contributed by atoms with Crippen molar-refractivity contribution in [2.45, 2.75) is 32.7 Å². The van der Waals surface area contributed by atoms with Gasteiger partial charge in [-0.15, -0.1) is 11.3 Å². The maximum Gasteiger partial charge on any atom is 0.256 e. The second-order valence-corrected chi connectivity index (χ2v) is 8.77. The Morgan fingerprint density at radius 3 is 2.70 bits per heavy atom. The molecule has 1 N–H and O–H groups in total. The second-order valence-electron chi connectivity index (χ2n) is 7.69. The Hall–Kier alpha value is -2.39. The molecule has 0 unspecified atom stereocenters. The molecule has 2 aliphatic heterocycles. The van der Waals surface area contributed by atoms with E-state index in [2.05, 4.69) is 22.1 Å². The first kappa shape index (κ1) is 20.9. The molecule has 0 saturated carbocycles. The Morgan fingerprint density at radius 1 is 1.23 bits per heavy atom. The number of carbonyl (C=O) groups is 2. The average Bonchev–Trinajstić information content (AvgIpc) is 3.14. The van der Waals surface area contributed by atoms with E-state index in [1.807, 2.05) is 0 Å². The Bertz CT molecular complexity index is 956. The molecule has 1 aromatic carbocycles. The monoisotopic (exact) mass is 434 g/mol. The number of benzene rings is 1. The molecule has 2 aromatic rings. The number of aromatic nitrogens is 1. The van der Waals surface area contributed by atoms with Crippen LogP contribution in [0.3, 0.4) is 0 Å². The Kier molecular flexibility index (Phi) is 6.10. The molecule has 160 valence electrons. The molecule has 2 amide bonds. The highest BCUT2D eigenvalue weighted by atomic mass is 32.1. The number of nitrogens with zero attached hydrogens (tertiary/aromatic N) is 3. The fourth-order valence-electron chi connectivity index (χ4n) is 3.96. The largest absolute Gasteiger partial charge is 0.339 e. The molecule has 0 aliphatic carbocycles. The van der Waals surface area contributed by atoms with E-state index in [0.717, 1.165) is 43.9 Å². The summed E-state index contributed by atoms with van der Waals surface area (Å²) in [5, 5.41) is 3.57. The predicted molar refractivity (Wildman–Crippen MR) is 110 cm³/mol. The number of thiazole rings is 1. The van der Waals surface area contributed by atoms with Gasteiger partial charge in [-0.05, 0) is 31.5 Å². The topological polar surface area (TPSA) is 65.5 Å². The third-order valence-corrected chi connectivity index (χ3v) is 6.80. The highest BCUT2D eigenvalue weighted by Gasteiger charge is 2.30. The van der Waals surface area contributed by atoms with Crippen molar-refractivity contribution in [2.24, 2.45) is 5.92 Å². The quantitative estimate of drug-likeness (QED) is 0.802. The zero-order chi connectivity index (χ0) is 21.3. The lowest BCUT2D eigenvalue weighted by molar-refractivity contribution is -0.121. The lowest BCUT2D eigenvalue weighted by Crippen LogP contribution is -2.41. The lowest BCUT2D eigenvalue weighted by Gasteiger charge is -2.31. The fraction of sp³-hybridized carbons (Fsp3) is 0.476. The smallest absolute Gasteiger partial charge is 0.256 e. The van der Waals surface area contributed by atoms with Gasteiger partial charge >= 0.3 is 0 Å². The lowest BCUT2D eigenvalue weighted by atomic mass is 9.95. The summed E-state index contributed by atoms with van der Waals surface area (Å²) in [5.41, 5.74) is 0.926. The number of anilines is 1. The van der Waals surface area contributed by atoms with Crippen LogP contribution in [0.4, 0.5) is 13.9 Å². The summed E-state index contributed by atoms with van der Waals surface area (Å²) in [6.45, 7) is 5.71. The van der Waals surface area contributed by atoms with Crippen LogP contribution in [0.25, 0.3) is 0 Å². The van der Waals surface area contributed by atoms with Crippen LogP contribution in [0.5, 0.6) is 0 Å². The van der Waals surface area contributed by atoms with E-state index >= 15 is 0 Å². The van der Waals surface area contributed by atoms with Crippen molar-refractivity contribution in [2.75, 3.05) is 31.5 Å². The van der Waals surface area contributed by atoms with Crippen LogP contribution in [-0.2, 0) is 17.8 Å². The molecule has 0 spiro atoms. The molecule has 6 nitrogen and oxygen atoms in total. The van der Waals surface area contributed by atoms with Gasteiger partial charge in [-0.25, -0.2) is 13.8 Å². The molecule has 1 aromatic heterocycles. The van der Waals surface area contributed by atoms with E-state index in [4.69, 9.17) is 0 Å². The van der Waals surface area contributed by atoms with Crippen LogP contribution in [0.2, 0.25) is 0 Å². The number of amides is 2. The van der Waals surface area contributed by atoms with Crippen molar-refractivity contribution in [3.05, 3.63) is 46.0 Å². The van der Waals surface area contributed by atoms with Crippen molar-refractivity contribution in [1.82, 2.24) is 14.8 Å². The van der Waals surface area contributed by atoms with Gasteiger partial charge in [0.1, 0.15) is 11.6 Å². The molecule has 1 fully saturated rings. The number of likely N-dealkylation sites (N-methyl/N-ethyl adjacent to an activating group) is 1. The van der Waals surface area contributed by atoms with Crippen molar-refractivity contribution in [3.63, 3.8) is 0 Å². The summed E-state index contributed by atoms with van der Waals surface area (Å²) in [7, 11) is 0. The van der Waals surface area contributed by atoms with Crippen LogP contribution in [-0.4, -0.2) is 52.8 Å². The van der Waals surface area contributed by atoms with Crippen molar-refractivity contribution in [3.8, 4) is 0 Å². The molecule has 0 radical (unpaired) electrons. The van der Waals surface area contributed by atoms with Gasteiger partial charge in [0.2, 0.25) is 5.91 Å². The summed E-state index contributed by atoms with van der Waals surface area (Å²) in [4.78, 5) is 34.8. The maximum atomic E-state index is 13.9. The van der Waals surface area contributed by atoms with E-state index in [0.29, 0.717) is 37.1 Å². The van der Waals surface area contributed by atoms with E-state index < -0.39 is 17.5 Å². The van der Waals surface area contributed by atoms with E-state index in [1.165, 1.54) is 21.1 Å². The molecule has 1 saturated heterocycles. The minimum absolute atomic E-state index is 0.0893. The van der Waals surface area contributed by atoms with Gasteiger partial charge in [-0.3, -0.25) is 14.5 Å². The van der Waals surface area contributed by atoms with Gasteiger partial charge in [-0.2, -0.15) is 0 Å². The van der Waals surface area contributed by atoms with Crippen molar-refractivity contribution < 1.29 is 18.4 Å². The normalized spacial score (nSPS) is 17.6. The summed E-state index contributed by atoms with van der Waals surface area (Å²) < 4.78 is 27.0. The van der Waals surface area contributed by atoms with Gasteiger partial charge < -0.3 is 10.2 Å². The summed E-state index contributed by atoms with van der Waals surface area (Å²) in [6, 6.07) is 2.94. The number of hydrogen-bond acceptors (Lipinski definition) is 5. The minimum atomic E-state index is -0.866. The summed E-state index contributed by atoms with van der Waals surface area (Å²) in [5.74, 6) is -2.37. The summed E-state index contributed by atoms with van der Waals surface area (Å²) in [6.07, 6.45) is 1.89. The summed E-state index contributed by atoms with van der Waals surface area (Å²) >= 11 is 1.53. The van der Waals surface area contributed by atoms with Gasteiger partial charge in [0.05, 0.1) is 11.3 Å². The third-order valence-electron chi connectivity index (χ3n) is 5.80. The second kappa shape index (κ2) is 8.77. The van der Waals surface area contributed by atoms with Gasteiger partial charge in [0.15, 0.2) is 5.13 Å². The molecular weight excluding hydrogens is 410 g/mol. The highest BCUT2D eigenvalue weighted by molar-refractivity contribution is 7.15. The predicted octanol–water partition coefficient (Wildman–Crippen LogP) is 3.29. The van der Waals surface area contributed by atoms with E-state index in [9.17, 15) is 18.4 Å². The van der Waals surface area contributed by atoms with E-state index in [1.54, 1.807) is 0 Å². The molecule has 3 heterocycles. The molecule has 0 bridgehead atoms. The first-order valence-corrected chi connectivity index (χ1v) is 11.0. The first-order valence-electron chi connectivity index (χ1n) is 10.2. The Labute approximate surface area is 177 Å². The average molecular weight is 435 g/mol. The van der Waals surface area contributed by atoms with Crippen molar-refractivity contribution >= 4 is 28.3 Å². The van der Waals surface area contributed by atoms with Crippen LogP contribution in [0.15, 0.2) is 18.2 Å². The fourth-order valence-corrected chi connectivity index (χ4v) is 5.01. The number of rotatable bonds is 4. The number of nitrogens with one attached hydrogen (secondary N) is 1. The SMILES string of the molecule is CCN1CCc2nc(NC(=O)C3CCN(C(=O)c4ccc(F)cc4F)CC3)sc2C1. The highest BCUT2D eigenvalue weighted by Crippen LogP contribution is 2.29. The third kappa shape index (κ3) is 4.37. The van der Waals surface area contributed by atoms with Crippen LogP contribution in [0, 0.1) is 17.6 Å². The standard InChI is InChI=1S/C21H24F2N4O2S/c1-2-26-8-7-17-18(12-26)30-21(24-17)25-19(28)13-5-9-27(10-6-13)20(29)15-4-3-14(22)11-16(15)23/h3-4,11,13H,2,5-10,12H2,1H3,(H,24,25,28). The molecular formula is C21H24F2N4O2S. The number of halogens is 2. The molecule has 4 rings (SSSR count). The zero-order valence-corrected chi connectivity index (χ0v) is 17.6. The van der Waals surface area contributed by atoms with Crippen LogP contribution >= 0.6 is 11.3 Å². The molecule has 2 aliphatic rings. The van der Waals surface area contributed by atoms with Crippen LogP contribution in [0.1, 0.15) is 40.7 Å². The first-order chi connectivity index (χ1) is 14.4. The molecule has 0 atom stereocenters. The zero-order valence-electron chi connectivity index (χ0n) is 16.8. The number of likely N-dealkylation sites (tertiary alicyclic amines) is 1. The number of hydrogen-bond donors (Lipinski definition) is 1. The van der Waals surface area contributed by atoms with Gasteiger partial charge in [0.25, 0.3) is 5.91 Å². The van der Waals surface area contributed by atoms with E-state index in [-0.39, 0.29) is 17.4 Å².